The Balaban J connectivity index is 1.15. The highest BCUT2D eigenvalue weighted by molar-refractivity contribution is 7.15. The maximum atomic E-state index is 13.9. The zero-order chi connectivity index (χ0) is 54.5. The van der Waals surface area contributed by atoms with Gasteiger partial charge >= 0.3 is 0 Å². The molecule has 8 bridgehead atoms. The van der Waals surface area contributed by atoms with Gasteiger partial charge in [-0.1, -0.05) is 26.0 Å². The first-order valence-electron chi connectivity index (χ1n) is 23.3. The number of nitrogens with zero attached hydrogens (tertiary/aromatic N) is 7. The van der Waals surface area contributed by atoms with Crippen LogP contribution in [0.5, 0.6) is 0 Å². The minimum atomic E-state index is -1.45. The number of aliphatic hydroxyl groups excluding tert-OH is 3. The van der Waals surface area contributed by atoms with E-state index in [1.54, 1.807) is 48.2 Å². The fourth-order valence-electron chi connectivity index (χ4n) is 7.20. The molecule has 1 aliphatic rings. The molecule has 0 aromatic carbocycles. The second kappa shape index (κ2) is 24.0. The van der Waals surface area contributed by atoms with Crippen molar-refractivity contribution in [3.8, 4) is 43.4 Å². The van der Waals surface area contributed by atoms with Crippen molar-refractivity contribution in [3.63, 3.8) is 0 Å². The molecule has 28 heteroatoms. The van der Waals surface area contributed by atoms with Gasteiger partial charge in [0, 0.05) is 44.4 Å². The van der Waals surface area contributed by atoms with Gasteiger partial charge in [0.1, 0.15) is 87.7 Å². The molecule has 6 atom stereocenters. The molecule has 7 aromatic heterocycles. The Kier molecular flexibility index (Phi) is 17.5. The van der Waals surface area contributed by atoms with Crippen LogP contribution in [0, 0.1) is 5.92 Å². The van der Waals surface area contributed by atoms with Crippen molar-refractivity contribution in [2.24, 2.45) is 5.92 Å². The standard InChI is InChI=1S/C48H49N13O9S6/c1-8-24(37(65)49-12-20(5)62)51-38(66)28-15-73-46(56-28)32-18-74-45(58-32)26-11-10-23-36(50-26)27-13-75-48(53-27)35(22(7)64)61-41(69)31-17-76-47(57-31)33(19(3)4)59-39(67)30-16-72-44(55-30)25(9-2)52-42(70)34(21(6)63)60-40(68)29-14-71-43(23)54-29/h8-11,13-22,33-35,62-64H,12H2,1-7H3,(H,49,65)(H,51,66)(H,52,70)(H,59,67)(H,60,68)(H,61,69)/t20-,21-,22-,33-,34+,35+/m0/s1. The van der Waals surface area contributed by atoms with Crippen LogP contribution in [-0.2, 0) is 9.59 Å². The lowest BCUT2D eigenvalue weighted by Crippen LogP contribution is -2.52. The lowest BCUT2D eigenvalue weighted by molar-refractivity contribution is -0.124. The molecule has 0 fully saturated rings. The van der Waals surface area contributed by atoms with Crippen molar-refractivity contribution >= 4 is 109 Å². The fourth-order valence-corrected chi connectivity index (χ4v) is 12.4. The summed E-state index contributed by atoms with van der Waals surface area (Å²) in [5, 5.41) is 59.6. The number of pyridine rings is 1. The molecule has 0 aliphatic carbocycles. The van der Waals surface area contributed by atoms with Crippen LogP contribution in [0.4, 0.5) is 0 Å². The molecule has 8 rings (SSSR count). The second-order valence-electron chi connectivity index (χ2n) is 17.4. The van der Waals surface area contributed by atoms with E-state index in [9.17, 15) is 44.1 Å². The number of fused-ring (bicyclic) bond motifs is 11. The van der Waals surface area contributed by atoms with E-state index in [1.165, 1.54) is 77.0 Å². The van der Waals surface area contributed by atoms with E-state index in [0.717, 1.165) is 34.0 Å². The molecular formula is C48H49N13O9S6. The Morgan fingerprint density at radius 2 is 1.13 bits per heavy atom. The van der Waals surface area contributed by atoms with Gasteiger partial charge in [-0.2, -0.15) is 0 Å². The minimum Gasteiger partial charge on any atom is -0.392 e. The van der Waals surface area contributed by atoms with Crippen molar-refractivity contribution < 1.29 is 44.1 Å². The van der Waals surface area contributed by atoms with Gasteiger partial charge in [-0.25, -0.2) is 34.9 Å². The first-order chi connectivity index (χ1) is 36.3. The molecule has 0 unspecified atom stereocenters. The lowest BCUT2D eigenvalue weighted by Gasteiger charge is -2.21. The van der Waals surface area contributed by atoms with Crippen molar-refractivity contribution in [1.82, 2.24) is 66.8 Å². The number of carbonyl (C=O) groups excluding carboxylic acids is 6. The Morgan fingerprint density at radius 3 is 1.78 bits per heavy atom. The van der Waals surface area contributed by atoms with Crippen LogP contribution in [0.15, 0.2) is 62.3 Å². The summed E-state index contributed by atoms with van der Waals surface area (Å²) in [6, 6.07) is 0.366. The van der Waals surface area contributed by atoms with Gasteiger partial charge in [0.2, 0.25) is 5.91 Å². The number of rotatable bonds is 10. The molecule has 0 radical (unpaired) electrons. The predicted octanol–water partition coefficient (Wildman–Crippen LogP) is 5.57. The smallest absolute Gasteiger partial charge is 0.275 e. The van der Waals surface area contributed by atoms with Crippen molar-refractivity contribution in [2.75, 3.05) is 6.54 Å². The lowest BCUT2D eigenvalue weighted by atomic mass is 10.1. The van der Waals surface area contributed by atoms with Gasteiger partial charge in [0.15, 0.2) is 0 Å². The number of carbonyl (C=O) groups is 6. The van der Waals surface area contributed by atoms with Gasteiger partial charge in [-0.3, -0.25) is 28.8 Å². The second-order valence-corrected chi connectivity index (χ2v) is 22.6. The monoisotopic (exact) mass is 1140 g/mol. The number of allylic oxidation sites excluding steroid dienone is 2. The molecule has 0 saturated carbocycles. The highest BCUT2D eigenvalue weighted by Gasteiger charge is 2.32. The molecule has 7 aromatic rings. The number of nitrogens with one attached hydrogen (secondary N) is 6. The van der Waals surface area contributed by atoms with E-state index < -0.39 is 71.9 Å². The Bertz CT molecular complexity index is 3380. The topological polar surface area (TPSA) is 326 Å². The summed E-state index contributed by atoms with van der Waals surface area (Å²) in [4.78, 5) is 114. The third kappa shape index (κ3) is 12.5. The van der Waals surface area contributed by atoms with Crippen LogP contribution in [0.1, 0.15) is 118 Å². The number of amides is 6. The van der Waals surface area contributed by atoms with Crippen LogP contribution < -0.4 is 31.9 Å². The molecule has 76 heavy (non-hydrogen) atoms. The Morgan fingerprint density at radius 1 is 0.605 bits per heavy atom. The van der Waals surface area contributed by atoms with Crippen LogP contribution in [0.2, 0.25) is 0 Å². The van der Waals surface area contributed by atoms with Crippen LogP contribution in [-0.4, -0.2) is 117 Å². The molecular weight excluding hydrogens is 1100 g/mol. The summed E-state index contributed by atoms with van der Waals surface area (Å²) in [6.45, 7) is 11.4. The average molecular weight is 1140 g/mol. The van der Waals surface area contributed by atoms with E-state index in [2.05, 4.69) is 51.8 Å². The molecule has 1 aliphatic heterocycles. The number of hydrogen-bond donors (Lipinski definition) is 9. The van der Waals surface area contributed by atoms with E-state index in [1.807, 2.05) is 13.8 Å². The van der Waals surface area contributed by atoms with E-state index in [0.29, 0.717) is 53.4 Å². The van der Waals surface area contributed by atoms with Gasteiger partial charge in [-0.15, -0.1) is 68.0 Å². The van der Waals surface area contributed by atoms with Crippen LogP contribution >= 0.6 is 68.0 Å². The van der Waals surface area contributed by atoms with Crippen LogP contribution in [0.3, 0.4) is 0 Å². The normalized spacial score (nSPS) is 18.5. The highest BCUT2D eigenvalue weighted by atomic mass is 32.1. The summed E-state index contributed by atoms with van der Waals surface area (Å²) in [6.07, 6.45) is -0.261. The van der Waals surface area contributed by atoms with Crippen LogP contribution in [0.25, 0.3) is 49.1 Å². The summed E-state index contributed by atoms with van der Waals surface area (Å²) >= 11 is 6.97. The predicted molar refractivity (Wildman–Crippen MR) is 290 cm³/mol. The molecule has 0 spiro atoms. The number of aromatic nitrogens is 7. The SMILES string of the molecule is CC=C(NC(=O)c1csc(-c2csc(-c3ccc4c(n3)-c3csc(n3)[C@@H]([C@H](C)O)NC(=O)c3csc(n3)[C@H](C(C)C)NC(=O)c3csc(n3)C(=CC)NC(=O)[C@@H]([C@H](C)O)NC(=O)c3csc-4n3)n2)n1)C(=O)NC[C@H](C)O. The molecule has 8 heterocycles. The fraction of sp³-hybridized carbons (Fsp3) is 0.312. The van der Waals surface area contributed by atoms with Crippen molar-refractivity contribution in [1.29, 1.82) is 0 Å². The van der Waals surface area contributed by atoms with Crippen molar-refractivity contribution in [2.45, 2.75) is 84.9 Å². The maximum Gasteiger partial charge on any atom is 0.275 e. The summed E-state index contributed by atoms with van der Waals surface area (Å²) < 4.78 is 0. The molecule has 0 saturated heterocycles. The average Bonchev–Trinajstić information content (AvgIpc) is 4.26. The number of aliphatic hydroxyl groups is 3. The van der Waals surface area contributed by atoms with Gasteiger partial charge in [-0.05, 0) is 52.7 Å². The Hall–Kier alpha value is -6.89. The first kappa shape index (κ1) is 55.3. The summed E-state index contributed by atoms with van der Waals surface area (Å²) in [5.74, 6) is -4.00. The third-order valence-corrected chi connectivity index (χ3v) is 16.6. The van der Waals surface area contributed by atoms with E-state index in [-0.39, 0.29) is 51.6 Å². The third-order valence-electron chi connectivity index (χ3n) is 11.2. The number of hydrogen-bond acceptors (Lipinski definition) is 22. The largest absolute Gasteiger partial charge is 0.392 e. The highest BCUT2D eigenvalue weighted by Crippen LogP contribution is 2.38. The molecule has 9 N–H and O–H groups in total. The zero-order valence-electron chi connectivity index (χ0n) is 41.4. The van der Waals surface area contributed by atoms with E-state index >= 15 is 0 Å². The number of thiazole rings is 6. The minimum absolute atomic E-state index is 0.00119. The van der Waals surface area contributed by atoms with Crippen molar-refractivity contribution in [3.05, 3.63) is 100 Å². The van der Waals surface area contributed by atoms with Gasteiger partial charge in [0.05, 0.1) is 35.7 Å². The van der Waals surface area contributed by atoms with E-state index in [4.69, 9.17) is 15.0 Å². The zero-order valence-corrected chi connectivity index (χ0v) is 46.3. The maximum absolute atomic E-state index is 13.9. The quantitative estimate of drug-likeness (QED) is 0.0756. The summed E-state index contributed by atoms with van der Waals surface area (Å²) in [5.41, 5.74) is 2.26. The summed E-state index contributed by atoms with van der Waals surface area (Å²) in [7, 11) is 0. The van der Waals surface area contributed by atoms with Gasteiger partial charge < -0.3 is 47.2 Å². The molecule has 6 amide bonds. The van der Waals surface area contributed by atoms with Gasteiger partial charge in [0.25, 0.3) is 29.5 Å². The first-order valence-corrected chi connectivity index (χ1v) is 28.6. The Labute approximate surface area is 458 Å². The molecule has 396 valence electrons. The molecule has 22 nitrogen and oxygen atoms in total.